The van der Waals surface area contributed by atoms with E-state index in [1.165, 1.54) is 25.7 Å². The Bertz CT molecular complexity index is 266. The highest BCUT2D eigenvalue weighted by molar-refractivity contribution is 5.75. The van der Waals surface area contributed by atoms with Gasteiger partial charge in [-0.15, -0.1) is 0 Å². The summed E-state index contributed by atoms with van der Waals surface area (Å²) < 4.78 is 0. The lowest BCUT2D eigenvalue weighted by molar-refractivity contribution is -0.122. The number of hydrogen-bond donors (Lipinski definition) is 2. The zero-order valence-corrected chi connectivity index (χ0v) is 13.0. The molecule has 1 aliphatic rings. The molecule has 19 heavy (non-hydrogen) atoms. The molecule has 0 aromatic heterocycles. The Morgan fingerprint density at radius 2 is 2.00 bits per heavy atom. The summed E-state index contributed by atoms with van der Waals surface area (Å²) >= 11 is 0. The Kier molecular flexibility index (Phi) is 6.84. The predicted molar refractivity (Wildman–Crippen MR) is 80.8 cm³/mol. The molecular weight excluding hydrogens is 236 g/mol. The summed E-state index contributed by atoms with van der Waals surface area (Å²) in [7, 11) is 0. The van der Waals surface area contributed by atoms with Gasteiger partial charge in [-0.05, 0) is 55.9 Å². The number of nitrogens with two attached hydrogens (primary N) is 1. The number of carbonyl (C=O) groups is 1. The van der Waals surface area contributed by atoms with Crippen LogP contribution >= 0.6 is 0 Å². The lowest BCUT2D eigenvalue weighted by atomic mass is 9.67. The van der Waals surface area contributed by atoms with Crippen LogP contribution in [0.3, 0.4) is 0 Å². The monoisotopic (exact) mass is 268 g/mol. The standard InChI is InChI=1S/C16H32N2O/c1-4-16(9-5-10-16)12-18-15(19)7-6-14(8-11-17)13(2)3/h13-14H,4-12,17H2,1-3H3,(H,18,19). The van der Waals surface area contributed by atoms with Crippen molar-refractivity contribution in [3.8, 4) is 0 Å². The summed E-state index contributed by atoms with van der Waals surface area (Å²) in [6.45, 7) is 8.29. The largest absolute Gasteiger partial charge is 0.356 e. The maximum Gasteiger partial charge on any atom is 0.220 e. The quantitative estimate of drug-likeness (QED) is 0.675. The van der Waals surface area contributed by atoms with Crippen molar-refractivity contribution < 1.29 is 4.79 Å². The summed E-state index contributed by atoms with van der Waals surface area (Å²) in [6, 6.07) is 0. The molecule has 0 radical (unpaired) electrons. The summed E-state index contributed by atoms with van der Waals surface area (Å²) in [6.07, 6.45) is 7.74. The fourth-order valence-corrected chi connectivity index (χ4v) is 3.05. The van der Waals surface area contributed by atoms with Crippen LogP contribution in [0.4, 0.5) is 0 Å². The minimum Gasteiger partial charge on any atom is -0.356 e. The smallest absolute Gasteiger partial charge is 0.220 e. The Labute approximate surface area is 118 Å². The summed E-state index contributed by atoms with van der Waals surface area (Å²) in [5.41, 5.74) is 6.05. The highest BCUT2D eigenvalue weighted by atomic mass is 16.1. The molecule has 0 aliphatic heterocycles. The van der Waals surface area contributed by atoms with Crippen LogP contribution < -0.4 is 11.1 Å². The Balaban J connectivity index is 2.23. The van der Waals surface area contributed by atoms with Gasteiger partial charge in [0.05, 0.1) is 0 Å². The lowest BCUT2D eigenvalue weighted by Gasteiger charge is -2.41. The van der Waals surface area contributed by atoms with Crippen LogP contribution in [0.5, 0.6) is 0 Å². The molecule has 1 atom stereocenters. The normalized spacial score (nSPS) is 19.0. The van der Waals surface area contributed by atoms with E-state index in [1.807, 2.05) is 0 Å². The van der Waals surface area contributed by atoms with Gasteiger partial charge >= 0.3 is 0 Å². The van der Waals surface area contributed by atoms with E-state index in [0.717, 1.165) is 25.9 Å². The van der Waals surface area contributed by atoms with Crippen molar-refractivity contribution >= 4 is 5.91 Å². The molecular formula is C16H32N2O. The van der Waals surface area contributed by atoms with E-state index < -0.39 is 0 Å². The molecule has 0 aromatic rings. The molecule has 1 amide bonds. The van der Waals surface area contributed by atoms with Crippen LogP contribution in [0.25, 0.3) is 0 Å². The highest BCUT2D eigenvalue weighted by Gasteiger charge is 2.35. The van der Waals surface area contributed by atoms with Crippen LogP contribution in [0, 0.1) is 17.3 Å². The zero-order chi connectivity index (χ0) is 14.3. The van der Waals surface area contributed by atoms with Crippen molar-refractivity contribution in [3.05, 3.63) is 0 Å². The summed E-state index contributed by atoms with van der Waals surface area (Å²) in [5.74, 6) is 1.42. The first-order chi connectivity index (χ1) is 9.03. The molecule has 112 valence electrons. The molecule has 3 heteroatoms. The Morgan fingerprint density at radius 1 is 1.32 bits per heavy atom. The van der Waals surface area contributed by atoms with Gasteiger partial charge in [-0.1, -0.05) is 27.2 Å². The van der Waals surface area contributed by atoms with Crippen molar-refractivity contribution in [1.82, 2.24) is 5.32 Å². The van der Waals surface area contributed by atoms with E-state index in [-0.39, 0.29) is 5.91 Å². The Morgan fingerprint density at radius 3 is 2.42 bits per heavy atom. The van der Waals surface area contributed by atoms with Gasteiger partial charge in [-0.25, -0.2) is 0 Å². The van der Waals surface area contributed by atoms with Crippen molar-refractivity contribution in [2.45, 2.75) is 65.7 Å². The van der Waals surface area contributed by atoms with E-state index in [9.17, 15) is 4.79 Å². The van der Waals surface area contributed by atoms with Crippen LogP contribution in [0.2, 0.25) is 0 Å². The third kappa shape index (κ3) is 5.13. The maximum atomic E-state index is 11.9. The third-order valence-electron chi connectivity index (χ3n) is 5.05. The zero-order valence-electron chi connectivity index (χ0n) is 13.0. The molecule has 1 rings (SSSR count). The van der Waals surface area contributed by atoms with Crippen LogP contribution in [0.1, 0.15) is 65.7 Å². The highest BCUT2D eigenvalue weighted by Crippen LogP contribution is 2.43. The van der Waals surface area contributed by atoms with E-state index in [4.69, 9.17) is 5.73 Å². The van der Waals surface area contributed by atoms with Crippen LogP contribution in [-0.4, -0.2) is 19.0 Å². The molecule has 1 saturated carbocycles. The lowest BCUT2D eigenvalue weighted by Crippen LogP contribution is -2.41. The van der Waals surface area contributed by atoms with E-state index in [2.05, 4.69) is 26.1 Å². The predicted octanol–water partition coefficient (Wildman–Crippen LogP) is 3.08. The first-order valence-electron chi connectivity index (χ1n) is 8.00. The van der Waals surface area contributed by atoms with Crippen LogP contribution in [0.15, 0.2) is 0 Å². The molecule has 3 nitrogen and oxygen atoms in total. The second-order valence-corrected chi connectivity index (χ2v) is 6.60. The number of carbonyl (C=O) groups excluding carboxylic acids is 1. The van der Waals surface area contributed by atoms with Crippen molar-refractivity contribution in [2.75, 3.05) is 13.1 Å². The van der Waals surface area contributed by atoms with Crippen LogP contribution in [-0.2, 0) is 4.79 Å². The average molecular weight is 268 g/mol. The SMILES string of the molecule is CCC1(CNC(=O)CCC(CCN)C(C)C)CCC1. The van der Waals surface area contributed by atoms with Gasteiger partial charge in [0.2, 0.25) is 5.91 Å². The number of nitrogens with one attached hydrogen (secondary N) is 1. The number of rotatable bonds is 9. The Hall–Kier alpha value is -0.570. The second-order valence-electron chi connectivity index (χ2n) is 6.60. The minimum absolute atomic E-state index is 0.224. The number of amides is 1. The fraction of sp³-hybridized carbons (Fsp3) is 0.938. The molecule has 0 bridgehead atoms. The third-order valence-corrected chi connectivity index (χ3v) is 5.05. The average Bonchev–Trinajstić information content (AvgIpc) is 2.33. The maximum absolute atomic E-state index is 11.9. The molecule has 3 N–H and O–H groups in total. The molecule has 0 heterocycles. The van der Waals surface area contributed by atoms with E-state index in [1.54, 1.807) is 0 Å². The van der Waals surface area contributed by atoms with Gasteiger partial charge in [0.1, 0.15) is 0 Å². The first-order valence-corrected chi connectivity index (χ1v) is 8.00. The molecule has 1 unspecified atom stereocenters. The van der Waals surface area contributed by atoms with E-state index >= 15 is 0 Å². The van der Waals surface area contributed by atoms with Gasteiger partial charge in [-0.2, -0.15) is 0 Å². The number of hydrogen-bond acceptors (Lipinski definition) is 2. The second kappa shape index (κ2) is 7.88. The van der Waals surface area contributed by atoms with Crippen molar-refractivity contribution in [2.24, 2.45) is 23.0 Å². The van der Waals surface area contributed by atoms with Gasteiger partial charge < -0.3 is 11.1 Å². The topological polar surface area (TPSA) is 55.1 Å². The summed E-state index contributed by atoms with van der Waals surface area (Å²) in [4.78, 5) is 11.9. The molecule has 0 aromatic carbocycles. The minimum atomic E-state index is 0.224. The first kappa shape index (κ1) is 16.5. The molecule has 0 spiro atoms. The molecule has 1 aliphatic carbocycles. The van der Waals surface area contributed by atoms with Crippen molar-refractivity contribution in [3.63, 3.8) is 0 Å². The van der Waals surface area contributed by atoms with Gasteiger partial charge in [0.15, 0.2) is 0 Å². The van der Waals surface area contributed by atoms with Gasteiger partial charge in [0, 0.05) is 13.0 Å². The molecule has 0 saturated heterocycles. The molecule has 1 fully saturated rings. The fourth-order valence-electron chi connectivity index (χ4n) is 3.05. The summed E-state index contributed by atoms with van der Waals surface area (Å²) in [5, 5.41) is 3.14. The van der Waals surface area contributed by atoms with Crippen molar-refractivity contribution in [1.29, 1.82) is 0 Å². The van der Waals surface area contributed by atoms with E-state index in [0.29, 0.717) is 23.7 Å². The van der Waals surface area contributed by atoms with Gasteiger partial charge in [0.25, 0.3) is 0 Å². The van der Waals surface area contributed by atoms with Gasteiger partial charge in [-0.3, -0.25) is 4.79 Å².